The van der Waals surface area contributed by atoms with Crippen molar-refractivity contribution in [2.45, 2.75) is 25.6 Å². The van der Waals surface area contributed by atoms with Crippen LogP contribution in [0.3, 0.4) is 0 Å². The molecule has 0 bridgehead atoms. The van der Waals surface area contributed by atoms with Crippen molar-refractivity contribution in [3.63, 3.8) is 0 Å². The first kappa shape index (κ1) is 14.7. The number of amides is 1. The lowest BCUT2D eigenvalue weighted by Crippen LogP contribution is -2.49. The highest BCUT2D eigenvalue weighted by molar-refractivity contribution is 5.82. The van der Waals surface area contributed by atoms with Gasteiger partial charge in [0.2, 0.25) is 5.91 Å². The quantitative estimate of drug-likeness (QED) is 0.944. The molecule has 1 aliphatic heterocycles. The third kappa shape index (κ3) is 2.88. The van der Waals surface area contributed by atoms with E-state index in [2.05, 4.69) is 17.4 Å². The molecule has 2 aromatic carbocycles. The van der Waals surface area contributed by atoms with Crippen molar-refractivity contribution < 1.29 is 9.18 Å². The summed E-state index contributed by atoms with van der Waals surface area (Å²) in [4.78, 5) is 14.3. The van der Waals surface area contributed by atoms with Gasteiger partial charge in [-0.3, -0.25) is 9.69 Å². The van der Waals surface area contributed by atoms with Crippen LogP contribution in [-0.4, -0.2) is 23.9 Å². The van der Waals surface area contributed by atoms with Crippen molar-refractivity contribution in [2.75, 3.05) is 7.05 Å². The Kier molecular flexibility index (Phi) is 4.20. The Morgan fingerprint density at radius 2 is 1.86 bits per heavy atom. The molecule has 3 rings (SSSR count). The SMILES string of the molecule is CNC(=O)C1Cc2ccccc2CN1Cc1ccccc1F. The van der Waals surface area contributed by atoms with Crippen LogP contribution in [0.2, 0.25) is 0 Å². The normalized spacial score (nSPS) is 17.8. The molecule has 3 nitrogen and oxygen atoms in total. The first-order valence-corrected chi connectivity index (χ1v) is 7.45. The maximum absolute atomic E-state index is 13.9. The smallest absolute Gasteiger partial charge is 0.237 e. The summed E-state index contributed by atoms with van der Waals surface area (Å²) in [5.74, 6) is -0.247. The van der Waals surface area contributed by atoms with E-state index in [1.807, 2.05) is 23.1 Å². The molecule has 1 atom stereocenters. The zero-order valence-electron chi connectivity index (χ0n) is 12.6. The third-order valence-electron chi connectivity index (χ3n) is 4.23. The van der Waals surface area contributed by atoms with E-state index in [1.54, 1.807) is 19.2 Å². The Hall–Kier alpha value is -2.20. The van der Waals surface area contributed by atoms with Gasteiger partial charge < -0.3 is 5.32 Å². The van der Waals surface area contributed by atoms with Gasteiger partial charge in [0.05, 0.1) is 6.04 Å². The fourth-order valence-electron chi connectivity index (χ4n) is 3.01. The molecule has 1 unspecified atom stereocenters. The first-order chi connectivity index (χ1) is 10.7. The van der Waals surface area contributed by atoms with Crippen LogP contribution in [0.15, 0.2) is 48.5 Å². The molecule has 0 spiro atoms. The summed E-state index contributed by atoms with van der Waals surface area (Å²) in [6.07, 6.45) is 0.657. The van der Waals surface area contributed by atoms with Crippen molar-refractivity contribution in [1.29, 1.82) is 0 Å². The Morgan fingerprint density at radius 3 is 2.59 bits per heavy atom. The van der Waals surface area contributed by atoms with Gasteiger partial charge in [-0.15, -0.1) is 0 Å². The molecule has 0 fully saturated rings. The monoisotopic (exact) mass is 298 g/mol. The molecule has 4 heteroatoms. The second-order valence-corrected chi connectivity index (χ2v) is 5.60. The molecule has 1 aliphatic rings. The third-order valence-corrected chi connectivity index (χ3v) is 4.23. The summed E-state index contributed by atoms with van der Waals surface area (Å²) in [6, 6.07) is 14.6. The van der Waals surface area contributed by atoms with E-state index in [0.717, 1.165) is 0 Å². The second kappa shape index (κ2) is 6.28. The Labute approximate surface area is 129 Å². The van der Waals surface area contributed by atoms with Crippen LogP contribution in [0.1, 0.15) is 16.7 Å². The summed E-state index contributed by atoms with van der Waals surface area (Å²) in [5, 5.41) is 2.72. The van der Waals surface area contributed by atoms with E-state index in [1.165, 1.54) is 17.2 Å². The summed E-state index contributed by atoms with van der Waals surface area (Å²) in [7, 11) is 1.64. The summed E-state index contributed by atoms with van der Waals surface area (Å²) in [6.45, 7) is 1.09. The lowest BCUT2D eigenvalue weighted by atomic mass is 9.93. The zero-order valence-corrected chi connectivity index (χ0v) is 12.6. The number of nitrogens with zero attached hydrogens (tertiary/aromatic N) is 1. The van der Waals surface area contributed by atoms with Gasteiger partial charge in [-0.25, -0.2) is 4.39 Å². The van der Waals surface area contributed by atoms with Crippen molar-refractivity contribution in [3.05, 3.63) is 71.0 Å². The van der Waals surface area contributed by atoms with Crippen LogP contribution in [0.25, 0.3) is 0 Å². The average Bonchev–Trinajstić information content (AvgIpc) is 2.55. The zero-order chi connectivity index (χ0) is 15.5. The minimum Gasteiger partial charge on any atom is -0.358 e. The van der Waals surface area contributed by atoms with Gasteiger partial charge in [0, 0.05) is 25.7 Å². The molecule has 2 aromatic rings. The van der Waals surface area contributed by atoms with E-state index in [4.69, 9.17) is 0 Å². The van der Waals surface area contributed by atoms with Crippen LogP contribution in [-0.2, 0) is 24.3 Å². The van der Waals surface area contributed by atoms with Gasteiger partial charge in [0.1, 0.15) is 5.82 Å². The molecule has 1 heterocycles. The van der Waals surface area contributed by atoms with E-state index in [-0.39, 0.29) is 17.8 Å². The number of nitrogens with one attached hydrogen (secondary N) is 1. The Balaban J connectivity index is 1.90. The molecular weight excluding hydrogens is 279 g/mol. The number of likely N-dealkylation sites (N-methyl/N-ethyl adjacent to an activating group) is 1. The molecule has 0 saturated heterocycles. The highest BCUT2D eigenvalue weighted by Crippen LogP contribution is 2.25. The Morgan fingerprint density at radius 1 is 1.18 bits per heavy atom. The van der Waals surface area contributed by atoms with Gasteiger partial charge in [-0.1, -0.05) is 42.5 Å². The minimum absolute atomic E-state index is 0.0224. The molecule has 1 amide bonds. The molecule has 1 N–H and O–H groups in total. The number of carbonyl (C=O) groups is 1. The van der Waals surface area contributed by atoms with Crippen LogP contribution in [0.4, 0.5) is 4.39 Å². The fraction of sp³-hybridized carbons (Fsp3) is 0.278. The van der Waals surface area contributed by atoms with Gasteiger partial charge in [0.25, 0.3) is 0 Å². The highest BCUT2D eigenvalue weighted by Gasteiger charge is 2.31. The number of hydrogen-bond donors (Lipinski definition) is 1. The highest BCUT2D eigenvalue weighted by atomic mass is 19.1. The second-order valence-electron chi connectivity index (χ2n) is 5.60. The van der Waals surface area contributed by atoms with Gasteiger partial charge in [-0.05, 0) is 23.6 Å². The Bertz CT molecular complexity index is 686. The van der Waals surface area contributed by atoms with Crippen LogP contribution >= 0.6 is 0 Å². The number of benzene rings is 2. The van der Waals surface area contributed by atoms with Crippen LogP contribution in [0.5, 0.6) is 0 Å². The van der Waals surface area contributed by atoms with E-state index < -0.39 is 0 Å². The number of rotatable bonds is 3. The summed E-state index contributed by atoms with van der Waals surface area (Å²) < 4.78 is 13.9. The van der Waals surface area contributed by atoms with Gasteiger partial charge >= 0.3 is 0 Å². The largest absolute Gasteiger partial charge is 0.358 e. The van der Waals surface area contributed by atoms with Gasteiger partial charge in [-0.2, -0.15) is 0 Å². The van der Waals surface area contributed by atoms with Crippen molar-refractivity contribution in [1.82, 2.24) is 10.2 Å². The topological polar surface area (TPSA) is 32.3 Å². The number of halogens is 1. The van der Waals surface area contributed by atoms with Gasteiger partial charge in [0.15, 0.2) is 0 Å². The molecule has 0 saturated carbocycles. The maximum atomic E-state index is 13.9. The van der Waals surface area contributed by atoms with E-state index >= 15 is 0 Å². The maximum Gasteiger partial charge on any atom is 0.237 e. The standard InChI is InChI=1S/C18H19FN2O/c1-20-18(22)17-10-13-6-2-3-7-14(13)11-21(17)12-15-8-4-5-9-16(15)19/h2-9,17H,10-12H2,1H3,(H,20,22). The molecule has 114 valence electrons. The molecule has 0 aromatic heterocycles. The molecule has 0 aliphatic carbocycles. The predicted octanol–water partition coefficient (Wildman–Crippen LogP) is 2.50. The fourth-order valence-corrected chi connectivity index (χ4v) is 3.01. The van der Waals surface area contributed by atoms with Crippen molar-refractivity contribution in [2.24, 2.45) is 0 Å². The number of carbonyl (C=O) groups excluding carboxylic acids is 1. The minimum atomic E-state index is -0.264. The summed E-state index contributed by atoms with van der Waals surface area (Å²) in [5.41, 5.74) is 3.02. The van der Waals surface area contributed by atoms with Crippen LogP contribution in [0, 0.1) is 5.82 Å². The lowest BCUT2D eigenvalue weighted by Gasteiger charge is -2.35. The van der Waals surface area contributed by atoms with E-state index in [9.17, 15) is 9.18 Å². The molecule has 22 heavy (non-hydrogen) atoms. The van der Waals surface area contributed by atoms with E-state index in [0.29, 0.717) is 25.1 Å². The number of hydrogen-bond acceptors (Lipinski definition) is 2. The first-order valence-electron chi connectivity index (χ1n) is 7.45. The average molecular weight is 298 g/mol. The van der Waals surface area contributed by atoms with Crippen LogP contribution < -0.4 is 5.32 Å². The lowest BCUT2D eigenvalue weighted by molar-refractivity contribution is -0.126. The van der Waals surface area contributed by atoms with Crippen molar-refractivity contribution in [3.8, 4) is 0 Å². The number of fused-ring (bicyclic) bond motifs is 1. The molecular formula is C18H19FN2O. The van der Waals surface area contributed by atoms with Crippen molar-refractivity contribution >= 4 is 5.91 Å². The molecule has 0 radical (unpaired) electrons. The summed E-state index contributed by atoms with van der Waals surface area (Å²) >= 11 is 0. The predicted molar refractivity (Wildman–Crippen MR) is 83.6 cm³/mol.